The molecule has 0 aliphatic carbocycles. The summed E-state index contributed by atoms with van der Waals surface area (Å²) in [5.74, 6) is 0.873. The van der Waals surface area contributed by atoms with Gasteiger partial charge in [-0.1, -0.05) is 54.1 Å². The molecule has 0 spiro atoms. The second kappa shape index (κ2) is 7.45. The lowest BCUT2D eigenvalue weighted by Gasteiger charge is -2.13. The third-order valence-corrected chi connectivity index (χ3v) is 4.24. The Morgan fingerprint density at radius 2 is 1.64 bits per heavy atom. The molecule has 0 aliphatic heterocycles. The predicted molar refractivity (Wildman–Crippen MR) is 101 cm³/mol. The van der Waals surface area contributed by atoms with E-state index in [0.717, 1.165) is 16.3 Å². The summed E-state index contributed by atoms with van der Waals surface area (Å²) in [7, 11) is 3.07. The summed E-state index contributed by atoms with van der Waals surface area (Å²) in [6.07, 6.45) is 0.259. The second-order valence-corrected chi connectivity index (χ2v) is 6.00. The monoisotopic (exact) mass is 355 g/mol. The molecule has 25 heavy (non-hydrogen) atoms. The van der Waals surface area contributed by atoms with Crippen molar-refractivity contribution < 1.29 is 14.3 Å². The van der Waals surface area contributed by atoms with Crippen LogP contribution in [0, 0.1) is 0 Å². The van der Waals surface area contributed by atoms with E-state index in [-0.39, 0.29) is 12.3 Å². The van der Waals surface area contributed by atoms with Gasteiger partial charge >= 0.3 is 0 Å². The minimum atomic E-state index is -0.149. The Balaban J connectivity index is 1.77. The molecule has 3 aromatic carbocycles. The molecule has 0 unspecified atom stereocenters. The lowest BCUT2D eigenvalue weighted by atomic mass is 10.0. The Hall–Kier alpha value is -2.72. The van der Waals surface area contributed by atoms with Crippen LogP contribution in [0.3, 0.4) is 0 Å². The first-order valence-electron chi connectivity index (χ1n) is 7.80. The van der Waals surface area contributed by atoms with Crippen LogP contribution in [0.4, 0.5) is 5.69 Å². The van der Waals surface area contributed by atoms with Crippen LogP contribution in [-0.4, -0.2) is 20.1 Å². The van der Waals surface area contributed by atoms with E-state index in [4.69, 9.17) is 21.1 Å². The molecule has 4 nitrogen and oxygen atoms in total. The van der Waals surface area contributed by atoms with E-state index in [0.29, 0.717) is 22.2 Å². The van der Waals surface area contributed by atoms with Crippen molar-refractivity contribution in [2.45, 2.75) is 6.42 Å². The number of fused-ring (bicyclic) bond motifs is 1. The van der Waals surface area contributed by atoms with Crippen molar-refractivity contribution in [3.8, 4) is 11.5 Å². The predicted octanol–water partition coefficient (Wildman–Crippen LogP) is 4.69. The molecule has 0 aliphatic rings. The zero-order valence-electron chi connectivity index (χ0n) is 14.0. The lowest BCUT2D eigenvalue weighted by molar-refractivity contribution is -0.115. The van der Waals surface area contributed by atoms with Crippen molar-refractivity contribution in [3.63, 3.8) is 0 Å². The molecule has 3 rings (SSSR count). The third-order valence-electron chi connectivity index (χ3n) is 3.93. The fourth-order valence-electron chi connectivity index (χ4n) is 2.68. The summed E-state index contributed by atoms with van der Waals surface area (Å²) < 4.78 is 10.4. The Bertz CT molecular complexity index is 924. The van der Waals surface area contributed by atoms with Crippen LogP contribution in [0.25, 0.3) is 10.8 Å². The first-order valence-corrected chi connectivity index (χ1v) is 8.17. The highest BCUT2D eigenvalue weighted by Gasteiger charge is 2.12. The van der Waals surface area contributed by atoms with Gasteiger partial charge in [-0.2, -0.15) is 0 Å². The number of anilines is 1. The van der Waals surface area contributed by atoms with Gasteiger partial charge in [0.2, 0.25) is 5.91 Å². The van der Waals surface area contributed by atoms with E-state index < -0.39 is 0 Å². The number of rotatable bonds is 5. The normalized spacial score (nSPS) is 10.5. The van der Waals surface area contributed by atoms with Gasteiger partial charge in [-0.15, -0.1) is 0 Å². The van der Waals surface area contributed by atoms with Crippen molar-refractivity contribution in [1.82, 2.24) is 0 Å². The van der Waals surface area contributed by atoms with Crippen LogP contribution in [0.2, 0.25) is 5.02 Å². The van der Waals surface area contributed by atoms with Gasteiger partial charge in [-0.3, -0.25) is 4.79 Å². The average Bonchev–Trinajstić information content (AvgIpc) is 2.62. The average molecular weight is 356 g/mol. The fraction of sp³-hybridized carbons (Fsp3) is 0.150. The Labute approximate surface area is 151 Å². The SMILES string of the molecule is COc1cc(Cl)c(NC(=O)Cc2ccc3ccccc3c2)cc1OC. The van der Waals surface area contributed by atoms with Gasteiger partial charge in [0.25, 0.3) is 0 Å². The summed E-state index contributed by atoms with van der Waals surface area (Å²) in [4.78, 5) is 12.4. The number of amides is 1. The quantitative estimate of drug-likeness (QED) is 0.722. The van der Waals surface area contributed by atoms with E-state index in [9.17, 15) is 4.79 Å². The smallest absolute Gasteiger partial charge is 0.228 e. The van der Waals surface area contributed by atoms with Crippen molar-refractivity contribution >= 4 is 34.0 Å². The van der Waals surface area contributed by atoms with Crippen molar-refractivity contribution in [1.29, 1.82) is 0 Å². The van der Waals surface area contributed by atoms with Gasteiger partial charge in [0.05, 0.1) is 31.4 Å². The second-order valence-electron chi connectivity index (χ2n) is 5.59. The van der Waals surface area contributed by atoms with Gasteiger partial charge in [-0.25, -0.2) is 0 Å². The molecule has 128 valence electrons. The molecule has 0 bridgehead atoms. The van der Waals surface area contributed by atoms with Gasteiger partial charge in [0.15, 0.2) is 11.5 Å². The molecule has 0 atom stereocenters. The third kappa shape index (κ3) is 3.86. The summed E-state index contributed by atoms with van der Waals surface area (Å²) in [5, 5.41) is 5.48. The van der Waals surface area contributed by atoms with Crippen molar-refractivity contribution in [3.05, 3.63) is 65.2 Å². The maximum Gasteiger partial charge on any atom is 0.228 e. The largest absolute Gasteiger partial charge is 0.493 e. The molecule has 0 saturated carbocycles. The van der Waals surface area contributed by atoms with Crippen LogP contribution >= 0.6 is 11.6 Å². The summed E-state index contributed by atoms with van der Waals surface area (Å²) in [5.41, 5.74) is 1.43. The van der Waals surface area contributed by atoms with E-state index in [2.05, 4.69) is 5.32 Å². The van der Waals surface area contributed by atoms with Gasteiger partial charge in [-0.05, 0) is 16.3 Å². The minimum Gasteiger partial charge on any atom is -0.493 e. The highest BCUT2D eigenvalue weighted by atomic mass is 35.5. The van der Waals surface area contributed by atoms with E-state index in [1.54, 1.807) is 12.1 Å². The molecule has 0 fully saturated rings. The molecular formula is C20H18ClNO3. The Morgan fingerprint density at radius 3 is 2.36 bits per heavy atom. The zero-order chi connectivity index (χ0) is 17.8. The first kappa shape index (κ1) is 17.1. The maximum atomic E-state index is 12.4. The van der Waals surface area contributed by atoms with Gasteiger partial charge in [0, 0.05) is 12.1 Å². The number of hydrogen-bond acceptors (Lipinski definition) is 3. The van der Waals surface area contributed by atoms with Gasteiger partial charge < -0.3 is 14.8 Å². The number of carbonyl (C=O) groups excluding carboxylic acids is 1. The van der Waals surface area contributed by atoms with E-state index in [1.807, 2.05) is 42.5 Å². The first-order chi connectivity index (χ1) is 12.1. The highest BCUT2D eigenvalue weighted by molar-refractivity contribution is 6.34. The minimum absolute atomic E-state index is 0.149. The molecule has 0 saturated heterocycles. The van der Waals surface area contributed by atoms with Crippen LogP contribution in [0.1, 0.15) is 5.56 Å². The molecule has 0 heterocycles. The van der Waals surface area contributed by atoms with Crippen LogP contribution in [-0.2, 0) is 11.2 Å². The number of carbonyl (C=O) groups is 1. The van der Waals surface area contributed by atoms with Gasteiger partial charge in [0.1, 0.15) is 0 Å². The molecule has 3 aromatic rings. The maximum absolute atomic E-state index is 12.4. The van der Waals surface area contributed by atoms with Crippen LogP contribution < -0.4 is 14.8 Å². The molecule has 5 heteroatoms. The summed E-state index contributed by atoms with van der Waals surface area (Å²) in [6.45, 7) is 0. The molecule has 0 radical (unpaired) electrons. The summed E-state index contributed by atoms with van der Waals surface area (Å²) >= 11 is 6.21. The molecular weight excluding hydrogens is 338 g/mol. The molecule has 0 aromatic heterocycles. The number of nitrogens with one attached hydrogen (secondary N) is 1. The number of ether oxygens (including phenoxy) is 2. The van der Waals surface area contributed by atoms with Crippen molar-refractivity contribution in [2.75, 3.05) is 19.5 Å². The zero-order valence-corrected chi connectivity index (χ0v) is 14.8. The number of hydrogen-bond donors (Lipinski definition) is 1. The van der Waals surface area contributed by atoms with E-state index >= 15 is 0 Å². The van der Waals surface area contributed by atoms with Crippen LogP contribution in [0.15, 0.2) is 54.6 Å². The van der Waals surface area contributed by atoms with Crippen LogP contribution in [0.5, 0.6) is 11.5 Å². The number of halogens is 1. The number of methoxy groups -OCH3 is 2. The van der Waals surface area contributed by atoms with E-state index in [1.165, 1.54) is 14.2 Å². The fourth-order valence-corrected chi connectivity index (χ4v) is 2.88. The summed E-state index contributed by atoms with van der Waals surface area (Å²) in [6, 6.07) is 17.3. The molecule has 1 N–H and O–H groups in total. The topological polar surface area (TPSA) is 47.6 Å². The lowest BCUT2D eigenvalue weighted by Crippen LogP contribution is -2.14. The number of benzene rings is 3. The Kier molecular flexibility index (Phi) is 5.10. The highest BCUT2D eigenvalue weighted by Crippen LogP contribution is 2.36. The Morgan fingerprint density at radius 1 is 0.960 bits per heavy atom. The standard InChI is InChI=1S/C20H18ClNO3/c1-24-18-11-16(21)17(12-19(18)25-2)22-20(23)10-13-7-8-14-5-3-4-6-15(14)9-13/h3-9,11-12H,10H2,1-2H3,(H,22,23). The van der Waals surface area contributed by atoms with Crippen molar-refractivity contribution in [2.24, 2.45) is 0 Å². The molecule has 1 amide bonds.